The van der Waals surface area contributed by atoms with Gasteiger partial charge in [-0.3, -0.25) is 4.68 Å². The second-order valence-corrected chi connectivity index (χ2v) is 13.3. The minimum Gasteiger partial charge on any atom is -0.390 e. The minimum absolute atomic E-state index is 0.150. The molecule has 182 valence electrons. The number of nitriles is 1. The molecule has 2 N–H and O–H groups in total. The largest absolute Gasteiger partial charge is 0.390 e. The van der Waals surface area contributed by atoms with Crippen LogP contribution in [-0.2, 0) is 6.54 Å². The molecule has 0 bridgehead atoms. The number of rotatable bonds is 3. The Bertz CT molecular complexity index is 930. The van der Waals surface area contributed by atoms with Crippen molar-refractivity contribution in [2.75, 3.05) is 0 Å². The normalized spacial score (nSPS) is 46.9. The van der Waals surface area contributed by atoms with Gasteiger partial charge in [0.05, 0.1) is 29.5 Å². The van der Waals surface area contributed by atoms with Crippen LogP contribution in [-0.4, -0.2) is 31.2 Å². The molecule has 0 saturated heterocycles. The monoisotopic (exact) mass is 453 g/mol. The summed E-state index contributed by atoms with van der Waals surface area (Å²) in [6, 6.07) is 2.15. The molecule has 9 atom stereocenters. The molecule has 0 spiro atoms. The summed E-state index contributed by atoms with van der Waals surface area (Å²) in [6.07, 6.45) is 15.0. The molecule has 4 fully saturated rings. The van der Waals surface area contributed by atoms with Crippen molar-refractivity contribution in [2.45, 2.75) is 110 Å². The van der Waals surface area contributed by atoms with E-state index in [1.54, 1.807) is 17.1 Å². The Hall–Kier alpha value is -1.38. The molecule has 0 unspecified atom stereocenters. The third-order valence-electron chi connectivity index (χ3n) is 11.2. The van der Waals surface area contributed by atoms with Gasteiger partial charge in [0.1, 0.15) is 6.07 Å². The van der Waals surface area contributed by atoms with Crippen LogP contribution in [0.1, 0.15) is 97.5 Å². The molecule has 0 aliphatic heterocycles. The molecule has 4 saturated carbocycles. The summed E-state index contributed by atoms with van der Waals surface area (Å²) in [5, 5.41) is 36.1. The number of aromatic nitrogens is 2. The van der Waals surface area contributed by atoms with Gasteiger partial charge in [0.15, 0.2) is 0 Å². The lowest BCUT2D eigenvalue weighted by Gasteiger charge is -2.65. The van der Waals surface area contributed by atoms with E-state index in [4.69, 9.17) is 5.26 Å². The maximum atomic E-state index is 11.8. The van der Waals surface area contributed by atoms with E-state index >= 15 is 0 Å². The molecule has 0 radical (unpaired) electrons. The highest BCUT2D eigenvalue weighted by molar-refractivity contribution is 5.21. The molecular weight excluding hydrogens is 410 g/mol. The molecule has 1 aromatic rings. The van der Waals surface area contributed by atoms with Crippen molar-refractivity contribution in [3.05, 3.63) is 18.0 Å². The lowest BCUT2D eigenvalue weighted by atomic mass is 9.40. The first kappa shape index (κ1) is 23.4. The highest BCUT2D eigenvalue weighted by atomic mass is 16.3. The fourth-order valence-electron chi connectivity index (χ4n) is 9.59. The number of hydrogen-bond donors (Lipinski definition) is 2. The van der Waals surface area contributed by atoms with Crippen molar-refractivity contribution in [1.82, 2.24) is 9.78 Å². The lowest BCUT2D eigenvalue weighted by Crippen LogP contribution is -2.60. The molecule has 33 heavy (non-hydrogen) atoms. The third kappa shape index (κ3) is 3.76. The average Bonchev–Trinajstić information content (AvgIpc) is 3.19. The summed E-state index contributed by atoms with van der Waals surface area (Å²) >= 11 is 0. The second-order valence-electron chi connectivity index (χ2n) is 13.3. The van der Waals surface area contributed by atoms with Gasteiger partial charge < -0.3 is 10.2 Å². The quantitative estimate of drug-likeness (QED) is 0.650. The molecule has 1 aromatic heterocycles. The van der Waals surface area contributed by atoms with Crippen LogP contribution in [0.2, 0.25) is 0 Å². The molecule has 0 amide bonds. The zero-order valence-corrected chi connectivity index (χ0v) is 21.1. The Morgan fingerprint density at radius 2 is 1.85 bits per heavy atom. The second kappa shape index (κ2) is 7.82. The molecule has 0 aromatic carbocycles. The molecule has 5 rings (SSSR count). The van der Waals surface area contributed by atoms with Gasteiger partial charge in [-0.15, -0.1) is 0 Å². The smallest absolute Gasteiger partial charge is 0.102 e. The fourth-order valence-corrected chi connectivity index (χ4v) is 9.59. The average molecular weight is 454 g/mol. The van der Waals surface area contributed by atoms with E-state index in [0.29, 0.717) is 29.4 Å². The molecule has 4 aliphatic carbocycles. The van der Waals surface area contributed by atoms with Gasteiger partial charge in [0, 0.05) is 6.20 Å². The van der Waals surface area contributed by atoms with Crippen LogP contribution in [0.15, 0.2) is 12.4 Å². The van der Waals surface area contributed by atoms with Gasteiger partial charge in [0.25, 0.3) is 0 Å². The summed E-state index contributed by atoms with van der Waals surface area (Å²) in [5.74, 6) is 3.09. The van der Waals surface area contributed by atoms with Gasteiger partial charge in [-0.1, -0.05) is 20.3 Å². The van der Waals surface area contributed by atoms with Crippen molar-refractivity contribution in [3.63, 3.8) is 0 Å². The topological polar surface area (TPSA) is 82.1 Å². The van der Waals surface area contributed by atoms with E-state index in [-0.39, 0.29) is 11.3 Å². The molecule has 1 heterocycles. The van der Waals surface area contributed by atoms with Crippen LogP contribution in [0.25, 0.3) is 0 Å². The minimum atomic E-state index is -0.844. The third-order valence-corrected chi connectivity index (χ3v) is 11.2. The SMILES string of the molecule is C[C@@]1(O)CC[C@@]2(C)[C@H](CC[C@@H]3[C@@H]2CC[C@@]2(C)[C@H]3CCC[C@@H]2[C@@](C)(O)Cn2cc(C#N)cn2)C1. The summed E-state index contributed by atoms with van der Waals surface area (Å²) in [4.78, 5) is 0. The summed E-state index contributed by atoms with van der Waals surface area (Å²) in [7, 11) is 0. The Morgan fingerprint density at radius 1 is 1.09 bits per heavy atom. The van der Waals surface area contributed by atoms with Crippen molar-refractivity contribution in [2.24, 2.45) is 40.4 Å². The molecule has 5 nitrogen and oxygen atoms in total. The first-order chi connectivity index (χ1) is 15.5. The Labute approximate surface area is 199 Å². The van der Waals surface area contributed by atoms with Gasteiger partial charge in [-0.05, 0) is 112 Å². The van der Waals surface area contributed by atoms with Crippen LogP contribution < -0.4 is 0 Å². The van der Waals surface area contributed by atoms with Crippen molar-refractivity contribution < 1.29 is 10.2 Å². The number of hydrogen-bond acceptors (Lipinski definition) is 4. The maximum Gasteiger partial charge on any atom is 0.102 e. The van der Waals surface area contributed by atoms with Crippen LogP contribution in [0, 0.1) is 51.8 Å². The standard InChI is InChI=1S/C28H43N3O2/c1-25(32)12-13-26(2)20(14-25)8-9-21-22-6-5-7-24(27(22,3)11-10-23(21)26)28(4,33)18-31-17-19(15-29)16-30-31/h16-17,20-24,32-33H,5-14,18H2,1-4H3/t20-,21+,22+,23+,24+,25-,26+,27+,28+/m1/s1. The first-order valence-electron chi connectivity index (χ1n) is 13.4. The predicted octanol–water partition coefficient (Wildman–Crippen LogP) is 5.31. The summed E-state index contributed by atoms with van der Waals surface area (Å²) < 4.78 is 1.76. The molecule has 5 heteroatoms. The molecule has 4 aliphatic rings. The van der Waals surface area contributed by atoms with Gasteiger partial charge in [-0.2, -0.15) is 10.4 Å². The van der Waals surface area contributed by atoms with Crippen LogP contribution >= 0.6 is 0 Å². The van der Waals surface area contributed by atoms with Gasteiger partial charge in [-0.25, -0.2) is 0 Å². The number of fused-ring (bicyclic) bond motifs is 5. The Balaban J connectivity index is 1.39. The van der Waals surface area contributed by atoms with E-state index in [0.717, 1.165) is 37.5 Å². The molecular formula is C28H43N3O2. The fraction of sp³-hybridized carbons (Fsp3) is 0.857. The van der Waals surface area contributed by atoms with E-state index in [1.807, 2.05) is 13.8 Å². The summed E-state index contributed by atoms with van der Waals surface area (Å²) in [6.45, 7) is 9.53. The highest BCUT2D eigenvalue weighted by Crippen LogP contribution is 2.68. The zero-order valence-electron chi connectivity index (χ0n) is 21.1. The van der Waals surface area contributed by atoms with E-state index in [9.17, 15) is 10.2 Å². The van der Waals surface area contributed by atoms with Crippen molar-refractivity contribution in [3.8, 4) is 6.07 Å². The Morgan fingerprint density at radius 3 is 2.58 bits per heavy atom. The van der Waals surface area contributed by atoms with Crippen molar-refractivity contribution in [1.29, 1.82) is 5.26 Å². The zero-order chi connectivity index (χ0) is 23.6. The first-order valence-corrected chi connectivity index (χ1v) is 13.4. The van der Waals surface area contributed by atoms with E-state index in [1.165, 1.54) is 38.5 Å². The number of nitrogens with zero attached hydrogens (tertiary/aromatic N) is 3. The lowest BCUT2D eigenvalue weighted by molar-refractivity contribution is -0.190. The number of aliphatic hydroxyl groups is 2. The predicted molar refractivity (Wildman–Crippen MR) is 128 cm³/mol. The van der Waals surface area contributed by atoms with Gasteiger partial charge >= 0.3 is 0 Å². The van der Waals surface area contributed by atoms with E-state index in [2.05, 4.69) is 25.0 Å². The van der Waals surface area contributed by atoms with Crippen LogP contribution in [0.4, 0.5) is 0 Å². The van der Waals surface area contributed by atoms with Crippen molar-refractivity contribution >= 4 is 0 Å². The summed E-state index contributed by atoms with van der Waals surface area (Å²) in [5.41, 5.74) is -0.256. The Kier molecular flexibility index (Phi) is 5.54. The highest BCUT2D eigenvalue weighted by Gasteiger charge is 2.61. The van der Waals surface area contributed by atoms with Crippen LogP contribution in [0.3, 0.4) is 0 Å². The van der Waals surface area contributed by atoms with Gasteiger partial charge in [0.2, 0.25) is 0 Å². The van der Waals surface area contributed by atoms with E-state index < -0.39 is 11.2 Å². The van der Waals surface area contributed by atoms with Crippen LogP contribution in [0.5, 0.6) is 0 Å². The maximum absolute atomic E-state index is 11.8.